The molecule has 0 aromatic carbocycles. The van der Waals surface area contributed by atoms with Gasteiger partial charge in [-0.3, -0.25) is 0 Å². The minimum Gasteiger partial charge on any atom is -0.381 e. The molecule has 0 radical (unpaired) electrons. The van der Waals surface area contributed by atoms with Gasteiger partial charge in [0, 0.05) is 30.7 Å². The number of rotatable bonds is 5. The third kappa shape index (κ3) is 3.78. The van der Waals surface area contributed by atoms with Crippen molar-refractivity contribution in [1.82, 2.24) is 10.2 Å². The average Bonchev–Trinajstić information content (AvgIpc) is 2.84. The summed E-state index contributed by atoms with van der Waals surface area (Å²) in [6.07, 6.45) is 2.29. The fourth-order valence-electron chi connectivity index (χ4n) is 2.20. The molecule has 1 aliphatic rings. The molecular formula is C13H22N2OS. The molecule has 0 aliphatic carbocycles. The SMILES string of the molecule is CN(C)C(CNC1CCOCC1)c1cccs1. The van der Waals surface area contributed by atoms with Gasteiger partial charge in [-0.15, -0.1) is 11.3 Å². The summed E-state index contributed by atoms with van der Waals surface area (Å²) < 4.78 is 5.38. The lowest BCUT2D eigenvalue weighted by Crippen LogP contribution is -2.39. The van der Waals surface area contributed by atoms with Crippen LogP contribution in [0.1, 0.15) is 23.8 Å². The van der Waals surface area contributed by atoms with E-state index in [4.69, 9.17) is 4.74 Å². The standard InChI is InChI=1S/C13H22N2OS/c1-15(2)12(13-4-3-9-17-13)10-14-11-5-7-16-8-6-11/h3-4,9,11-12,14H,5-8,10H2,1-2H3. The summed E-state index contributed by atoms with van der Waals surface area (Å²) >= 11 is 1.84. The van der Waals surface area contributed by atoms with E-state index in [1.807, 2.05) is 11.3 Å². The van der Waals surface area contributed by atoms with Crippen molar-refractivity contribution in [3.8, 4) is 0 Å². The highest BCUT2D eigenvalue weighted by atomic mass is 32.1. The Hall–Kier alpha value is -0.420. The van der Waals surface area contributed by atoms with Crippen LogP contribution in [0.15, 0.2) is 17.5 Å². The van der Waals surface area contributed by atoms with Crippen molar-refractivity contribution < 1.29 is 4.74 Å². The Labute approximate surface area is 108 Å². The molecule has 3 nitrogen and oxygen atoms in total. The average molecular weight is 254 g/mol. The Bertz CT molecular complexity index is 307. The van der Waals surface area contributed by atoms with Crippen molar-refractivity contribution in [3.63, 3.8) is 0 Å². The molecule has 0 amide bonds. The van der Waals surface area contributed by atoms with Crippen LogP contribution in [0, 0.1) is 0 Å². The minimum atomic E-state index is 0.484. The van der Waals surface area contributed by atoms with Crippen LogP contribution in [0.2, 0.25) is 0 Å². The Morgan fingerprint density at radius 2 is 2.24 bits per heavy atom. The molecule has 1 atom stereocenters. The van der Waals surface area contributed by atoms with Crippen LogP contribution in [0.25, 0.3) is 0 Å². The van der Waals surface area contributed by atoms with Crippen LogP contribution in [0.5, 0.6) is 0 Å². The first-order valence-electron chi connectivity index (χ1n) is 6.28. The Kier molecular flexibility index (Phi) is 4.98. The normalized spacial score (nSPS) is 19.7. The van der Waals surface area contributed by atoms with Gasteiger partial charge in [0.15, 0.2) is 0 Å². The maximum Gasteiger partial charge on any atom is 0.0561 e. The van der Waals surface area contributed by atoms with Gasteiger partial charge in [0.25, 0.3) is 0 Å². The predicted octanol–water partition coefficient (Wildman–Crippen LogP) is 2.12. The van der Waals surface area contributed by atoms with Crippen molar-refractivity contribution in [2.75, 3.05) is 33.9 Å². The number of thiophene rings is 1. The van der Waals surface area contributed by atoms with Crippen LogP contribution in [0.4, 0.5) is 0 Å². The molecule has 1 aromatic heterocycles. The smallest absolute Gasteiger partial charge is 0.0561 e. The largest absolute Gasteiger partial charge is 0.381 e. The Morgan fingerprint density at radius 3 is 2.82 bits per heavy atom. The zero-order chi connectivity index (χ0) is 12.1. The molecule has 0 bridgehead atoms. The van der Waals surface area contributed by atoms with Crippen molar-refractivity contribution >= 4 is 11.3 Å². The maximum atomic E-state index is 5.38. The van der Waals surface area contributed by atoms with Crippen LogP contribution >= 0.6 is 11.3 Å². The number of likely N-dealkylation sites (N-methyl/N-ethyl adjacent to an activating group) is 1. The molecule has 2 heterocycles. The second-order valence-corrected chi connectivity index (χ2v) is 5.77. The molecule has 1 aliphatic heterocycles. The number of ether oxygens (including phenoxy) is 1. The van der Waals surface area contributed by atoms with Gasteiger partial charge in [0.05, 0.1) is 6.04 Å². The molecule has 2 rings (SSSR count). The fraction of sp³-hybridized carbons (Fsp3) is 0.692. The van der Waals surface area contributed by atoms with Crippen LogP contribution in [0.3, 0.4) is 0 Å². The van der Waals surface area contributed by atoms with Crippen molar-refractivity contribution in [2.24, 2.45) is 0 Å². The summed E-state index contributed by atoms with van der Waals surface area (Å²) in [5.41, 5.74) is 0. The molecule has 0 saturated carbocycles. The number of hydrogen-bond acceptors (Lipinski definition) is 4. The summed E-state index contributed by atoms with van der Waals surface area (Å²) in [5, 5.41) is 5.83. The third-order valence-electron chi connectivity index (χ3n) is 3.32. The summed E-state index contributed by atoms with van der Waals surface area (Å²) in [5.74, 6) is 0. The van der Waals surface area contributed by atoms with Gasteiger partial charge < -0.3 is 15.0 Å². The van der Waals surface area contributed by atoms with Gasteiger partial charge >= 0.3 is 0 Å². The van der Waals surface area contributed by atoms with E-state index in [-0.39, 0.29) is 0 Å². The van der Waals surface area contributed by atoms with Gasteiger partial charge in [-0.2, -0.15) is 0 Å². The zero-order valence-electron chi connectivity index (χ0n) is 10.7. The van der Waals surface area contributed by atoms with E-state index < -0.39 is 0 Å². The summed E-state index contributed by atoms with van der Waals surface area (Å²) in [6.45, 7) is 2.84. The zero-order valence-corrected chi connectivity index (χ0v) is 11.5. The number of nitrogens with zero attached hydrogens (tertiary/aromatic N) is 1. The summed E-state index contributed by atoms with van der Waals surface area (Å²) in [6, 6.07) is 5.47. The van der Waals surface area contributed by atoms with Gasteiger partial charge in [-0.25, -0.2) is 0 Å². The molecule has 1 fully saturated rings. The maximum absolute atomic E-state index is 5.38. The molecule has 1 aromatic rings. The van der Waals surface area contributed by atoms with Crippen LogP contribution < -0.4 is 5.32 Å². The van der Waals surface area contributed by atoms with Gasteiger partial charge in [0.1, 0.15) is 0 Å². The molecule has 17 heavy (non-hydrogen) atoms. The highest BCUT2D eigenvalue weighted by molar-refractivity contribution is 7.10. The second kappa shape index (κ2) is 6.50. The van der Waals surface area contributed by atoms with Crippen molar-refractivity contribution in [3.05, 3.63) is 22.4 Å². The van der Waals surface area contributed by atoms with E-state index >= 15 is 0 Å². The molecule has 1 saturated heterocycles. The fourth-order valence-corrected chi connectivity index (χ4v) is 3.12. The quantitative estimate of drug-likeness (QED) is 0.871. The van der Waals surface area contributed by atoms with Crippen molar-refractivity contribution in [1.29, 1.82) is 0 Å². The molecular weight excluding hydrogens is 232 g/mol. The van der Waals surface area contributed by atoms with E-state index in [1.165, 1.54) is 4.88 Å². The number of nitrogens with one attached hydrogen (secondary N) is 1. The first-order chi connectivity index (χ1) is 8.27. The van der Waals surface area contributed by atoms with Crippen molar-refractivity contribution in [2.45, 2.75) is 24.9 Å². The van der Waals surface area contributed by atoms with Gasteiger partial charge in [-0.05, 0) is 38.4 Å². The minimum absolute atomic E-state index is 0.484. The molecule has 1 N–H and O–H groups in total. The lowest BCUT2D eigenvalue weighted by atomic mass is 10.1. The first kappa shape index (κ1) is 13.0. The van der Waals surface area contributed by atoms with Gasteiger partial charge in [0.2, 0.25) is 0 Å². The number of hydrogen-bond donors (Lipinski definition) is 1. The molecule has 96 valence electrons. The highest BCUT2D eigenvalue weighted by Gasteiger charge is 2.18. The third-order valence-corrected chi connectivity index (χ3v) is 4.29. The van der Waals surface area contributed by atoms with Gasteiger partial charge in [-0.1, -0.05) is 6.07 Å². The molecule has 1 unspecified atom stereocenters. The second-order valence-electron chi connectivity index (χ2n) is 4.79. The van der Waals surface area contributed by atoms with E-state index in [2.05, 4.69) is 41.8 Å². The first-order valence-corrected chi connectivity index (χ1v) is 7.16. The van der Waals surface area contributed by atoms with E-state index in [0.29, 0.717) is 12.1 Å². The Balaban J connectivity index is 1.85. The van der Waals surface area contributed by atoms with E-state index in [1.54, 1.807) is 0 Å². The Morgan fingerprint density at radius 1 is 1.47 bits per heavy atom. The van der Waals surface area contributed by atoms with E-state index in [9.17, 15) is 0 Å². The monoisotopic (exact) mass is 254 g/mol. The van der Waals surface area contributed by atoms with Crippen LogP contribution in [-0.2, 0) is 4.74 Å². The lowest BCUT2D eigenvalue weighted by Gasteiger charge is -2.28. The van der Waals surface area contributed by atoms with Crippen LogP contribution in [-0.4, -0.2) is 44.8 Å². The highest BCUT2D eigenvalue weighted by Crippen LogP contribution is 2.22. The molecule has 0 spiro atoms. The topological polar surface area (TPSA) is 24.5 Å². The lowest BCUT2D eigenvalue weighted by molar-refractivity contribution is 0.0761. The summed E-state index contributed by atoms with van der Waals surface area (Å²) in [7, 11) is 4.30. The van der Waals surface area contributed by atoms with E-state index in [0.717, 1.165) is 32.6 Å². The molecule has 4 heteroatoms. The summed E-state index contributed by atoms with van der Waals surface area (Å²) in [4.78, 5) is 3.73. The predicted molar refractivity (Wildman–Crippen MR) is 72.6 cm³/mol.